The summed E-state index contributed by atoms with van der Waals surface area (Å²) in [5, 5.41) is 5.76. The highest BCUT2D eigenvalue weighted by atomic mass is 16.5. The van der Waals surface area contributed by atoms with E-state index < -0.39 is 0 Å². The van der Waals surface area contributed by atoms with Crippen molar-refractivity contribution in [2.45, 2.75) is 62.3 Å². The zero-order chi connectivity index (χ0) is 22.7. The molecule has 178 valence electrons. The summed E-state index contributed by atoms with van der Waals surface area (Å²) >= 11 is 0. The summed E-state index contributed by atoms with van der Waals surface area (Å²) in [6, 6.07) is 8.29. The van der Waals surface area contributed by atoms with Crippen LogP contribution in [0.4, 0.5) is 16.3 Å². The first kappa shape index (κ1) is 20.5. The summed E-state index contributed by atoms with van der Waals surface area (Å²) in [7, 11) is 0. The van der Waals surface area contributed by atoms with Crippen LogP contribution in [0.5, 0.6) is 5.88 Å². The highest BCUT2D eigenvalue weighted by Crippen LogP contribution is 2.50. The molecular formula is C25H29N5O4. The lowest BCUT2D eigenvalue weighted by Gasteiger charge is -2.38. The topological polar surface area (TPSA) is 97.8 Å². The van der Waals surface area contributed by atoms with Crippen LogP contribution in [0.3, 0.4) is 0 Å². The molecule has 0 unspecified atom stereocenters. The summed E-state index contributed by atoms with van der Waals surface area (Å²) in [5.74, 6) is 2.44. The third kappa shape index (κ3) is 3.58. The fraction of sp³-hybridized carbons (Fsp3) is 0.560. The number of nitrogens with zero attached hydrogens (tertiary/aromatic N) is 3. The van der Waals surface area contributed by atoms with Gasteiger partial charge in [0.1, 0.15) is 11.4 Å². The van der Waals surface area contributed by atoms with Crippen LogP contribution in [0.15, 0.2) is 24.3 Å². The summed E-state index contributed by atoms with van der Waals surface area (Å²) in [6.45, 7) is 2.65. The number of aromatic nitrogens is 2. The molecule has 1 spiro atoms. The normalized spacial score (nSPS) is 26.4. The van der Waals surface area contributed by atoms with E-state index in [1.807, 2.05) is 24.3 Å². The number of carbonyl (C=O) groups excluding carboxylic acids is 1. The van der Waals surface area contributed by atoms with Gasteiger partial charge in [0, 0.05) is 11.3 Å². The van der Waals surface area contributed by atoms with Gasteiger partial charge in [-0.05, 0) is 62.8 Å². The fourth-order valence-corrected chi connectivity index (χ4v) is 5.55. The second-order valence-corrected chi connectivity index (χ2v) is 10.2. The van der Waals surface area contributed by atoms with E-state index >= 15 is 0 Å². The number of ether oxygens (including phenoxy) is 3. The summed E-state index contributed by atoms with van der Waals surface area (Å²) in [4.78, 5) is 24.6. The van der Waals surface area contributed by atoms with Gasteiger partial charge in [-0.3, -0.25) is 0 Å². The van der Waals surface area contributed by atoms with Gasteiger partial charge in [-0.2, -0.15) is 4.98 Å². The van der Waals surface area contributed by atoms with Crippen LogP contribution in [-0.2, 0) is 15.9 Å². The van der Waals surface area contributed by atoms with Crippen molar-refractivity contribution in [3.8, 4) is 17.3 Å². The van der Waals surface area contributed by atoms with Crippen LogP contribution in [0.25, 0.3) is 11.4 Å². The third-order valence-corrected chi connectivity index (χ3v) is 7.76. The zero-order valence-corrected chi connectivity index (χ0v) is 19.1. The molecule has 4 fully saturated rings. The lowest BCUT2D eigenvalue weighted by atomic mass is 10.0. The number of nitrogens with one attached hydrogen (secondary N) is 2. The summed E-state index contributed by atoms with van der Waals surface area (Å²) < 4.78 is 17.4. The maximum absolute atomic E-state index is 12.2. The molecule has 2 atom stereocenters. The number of anilines is 2. The molecule has 34 heavy (non-hydrogen) atoms. The van der Waals surface area contributed by atoms with E-state index in [2.05, 4.69) is 15.5 Å². The van der Waals surface area contributed by atoms with Gasteiger partial charge in [0.2, 0.25) is 5.88 Å². The Kier molecular flexibility index (Phi) is 4.70. The highest BCUT2D eigenvalue weighted by molar-refractivity contribution is 5.89. The molecule has 2 N–H and O–H groups in total. The lowest BCUT2D eigenvalue weighted by molar-refractivity contribution is 0.000735. The minimum atomic E-state index is -0.223. The lowest BCUT2D eigenvalue weighted by Crippen LogP contribution is -2.49. The van der Waals surface area contributed by atoms with Crippen molar-refractivity contribution in [3.63, 3.8) is 0 Å². The van der Waals surface area contributed by atoms with Gasteiger partial charge < -0.3 is 29.7 Å². The number of morpholine rings is 1. The van der Waals surface area contributed by atoms with E-state index in [1.165, 1.54) is 0 Å². The predicted octanol–water partition coefficient (Wildman–Crippen LogP) is 2.89. The smallest absolute Gasteiger partial charge is 0.319 e. The molecule has 5 aliphatic rings. The van der Waals surface area contributed by atoms with E-state index in [-0.39, 0.29) is 17.7 Å². The molecule has 1 aromatic heterocycles. The first-order chi connectivity index (χ1) is 16.7. The Balaban J connectivity index is 1.19. The molecule has 9 nitrogen and oxygen atoms in total. The highest BCUT2D eigenvalue weighted by Gasteiger charge is 2.50. The Morgan fingerprint density at radius 1 is 0.971 bits per heavy atom. The number of benzene rings is 1. The van der Waals surface area contributed by atoms with Crippen molar-refractivity contribution in [3.05, 3.63) is 29.8 Å². The molecule has 1 aromatic carbocycles. The SMILES string of the molecule is O=C(Nc1ccc(-c2nc3c(c(N4[C@@H]5CC[C@H]4COC5)n2)CCC2(CC2)O3)cc1)NC1COC1. The Labute approximate surface area is 198 Å². The Bertz CT molecular complexity index is 1100. The Morgan fingerprint density at radius 2 is 1.71 bits per heavy atom. The van der Waals surface area contributed by atoms with E-state index in [0.717, 1.165) is 80.3 Å². The molecule has 9 heteroatoms. The van der Waals surface area contributed by atoms with Gasteiger partial charge in [-0.25, -0.2) is 9.78 Å². The first-order valence-electron chi connectivity index (χ1n) is 12.4. The fourth-order valence-electron chi connectivity index (χ4n) is 5.55. The number of amides is 2. The van der Waals surface area contributed by atoms with Crippen molar-refractivity contribution in [1.82, 2.24) is 15.3 Å². The van der Waals surface area contributed by atoms with E-state index in [1.54, 1.807) is 0 Å². The minimum absolute atomic E-state index is 0.00744. The molecule has 7 rings (SSSR count). The van der Waals surface area contributed by atoms with E-state index in [4.69, 9.17) is 24.2 Å². The number of hydrogen-bond donors (Lipinski definition) is 2. The Hall–Kier alpha value is -2.91. The van der Waals surface area contributed by atoms with Crippen LogP contribution in [0, 0.1) is 0 Å². The minimum Gasteiger partial charge on any atom is -0.471 e. The maximum Gasteiger partial charge on any atom is 0.319 e. The van der Waals surface area contributed by atoms with Crippen molar-refractivity contribution < 1.29 is 19.0 Å². The van der Waals surface area contributed by atoms with Gasteiger partial charge in [0.15, 0.2) is 5.82 Å². The van der Waals surface area contributed by atoms with Crippen LogP contribution in [0.1, 0.15) is 37.7 Å². The van der Waals surface area contributed by atoms with Crippen molar-refractivity contribution in [1.29, 1.82) is 0 Å². The second kappa shape index (κ2) is 7.81. The standard InChI is InChI=1S/C25H29N5O4/c31-24(27-17-11-32-12-17)26-16-3-1-15(2-4-16)21-28-22(30-18-5-6-19(30)14-33-13-18)20-7-8-25(9-10-25)34-23(20)29-21/h1-4,17-19H,5-14H2,(H2,26,27,31)/t18-,19+. The molecule has 1 saturated carbocycles. The maximum atomic E-state index is 12.2. The molecule has 1 aliphatic carbocycles. The third-order valence-electron chi connectivity index (χ3n) is 7.76. The van der Waals surface area contributed by atoms with Gasteiger partial charge in [-0.1, -0.05) is 0 Å². The molecule has 2 amide bonds. The van der Waals surface area contributed by atoms with Crippen LogP contribution in [0.2, 0.25) is 0 Å². The molecule has 4 aliphatic heterocycles. The number of carbonyl (C=O) groups is 1. The van der Waals surface area contributed by atoms with Crippen molar-refractivity contribution in [2.75, 3.05) is 36.6 Å². The summed E-state index contributed by atoms with van der Waals surface area (Å²) in [6.07, 6.45) is 6.51. The zero-order valence-electron chi connectivity index (χ0n) is 19.1. The second-order valence-electron chi connectivity index (χ2n) is 10.2. The largest absolute Gasteiger partial charge is 0.471 e. The summed E-state index contributed by atoms with van der Waals surface area (Å²) in [5.41, 5.74) is 2.77. The molecule has 3 saturated heterocycles. The number of fused-ring (bicyclic) bond motifs is 3. The van der Waals surface area contributed by atoms with Crippen LogP contribution in [-0.4, -0.2) is 66.2 Å². The first-order valence-corrected chi connectivity index (χ1v) is 12.4. The number of rotatable bonds is 4. The average Bonchev–Trinajstić information content (AvgIpc) is 3.52. The van der Waals surface area contributed by atoms with Crippen molar-refractivity contribution >= 4 is 17.5 Å². The van der Waals surface area contributed by atoms with Crippen molar-refractivity contribution in [2.24, 2.45) is 0 Å². The van der Waals surface area contributed by atoms with Gasteiger partial charge in [0.05, 0.1) is 50.1 Å². The van der Waals surface area contributed by atoms with Crippen LogP contribution < -0.4 is 20.3 Å². The van der Waals surface area contributed by atoms with E-state index in [0.29, 0.717) is 31.1 Å². The number of hydrogen-bond acceptors (Lipinski definition) is 7. The molecule has 2 aromatic rings. The Morgan fingerprint density at radius 3 is 2.38 bits per heavy atom. The molecular weight excluding hydrogens is 434 g/mol. The predicted molar refractivity (Wildman–Crippen MR) is 125 cm³/mol. The average molecular weight is 464 g/mol. The van der Waals surface area contributed by atoms with Gasteiger partial charge in [-0.15, -0.1) is 0 Å². The number of urea groups is 1. The van der Waals surface area contributed by atoms with Gasteiger partial charge in [0.25, 0.3) is 0 Å². The molecule has 2 bridgehead atoms. The quantitative estimate of drug-likeness (QED) is 0.720. The van der Waals surface area contributed by atoms with E-state index in [9.17, 15) is 4.79 Å². The monoisotopic (exact) mass is 463 g/mol. The van der Waals surface area contributed by atoms with Gasteiger partial charge >= 0.3 is 6.03 Å². The molecule has 0 radical (unpaired) electrons. The van der Waals surface area contributed by atoms with Crippen LogP contribution >= 0.6 is 0 Å². The molecule has 5 heterocycles.